The van der Waals surface area contributed by atoms with Gasteiger partial charge in [0.25, 0.3) is 5.91 Å². The van der Waals surface area contributed by atoms with Crippen LogP contribution in [0.2, 0.25) is 0 Å². The number of pyridine rings is 2. The van der Waals surface area contributed by atoms with E-state index < -0.39 is 17.3 Å². The number of hydrogen-bond donors (Lipinski definition) is 3. The van der Waals surface area contributed by atoms with E-state index in [1.807, 2.05) is 24.3 Å². The number of ether oxygens (including phenoxy) is 1. The minimum atomic E-state index is -1.01. The quantitative estimate of drug-likeness (QED) is 0.324. The second-order valence-corrected chi connectivity index (χ2v) is 9.70. The molecular weight excluding hydrogens is 487 g/mol. The number of anilines is 1. The summed E-state index contributed by atoms with van der Waals surface area (Å²) in [5.74, 6) is -0.244. The predicted molar refractivity (Wildman–Crippen MR) is 141 cm³/mol. The standard InChI is InChI=1S/C28H29FN6O3/c1-16(17(2)19-5-4-6-20-25(27(36)30-3)21(29)12-33-26(19)20)10-32-24-9-22(34-15-35-24)18-7-8-23(31-11-18)28(37)13-38-14-28/h4-9,11-12,15-17,37H,10,13-14H2,1-3H3,(H,30,36)(H,32,34,35)/t16-,17?/m1/s1. The van der Waals surface area contributed by atoms with Crippen LogP contribution in [0.25, 0.3) is 22.2 Å². The van der Waals surface area contributed by atoms with Crippen molar-refractivity contribution >= 4 is 22.6 Å². The van der Waals surface area contributed by atoms with Crippen LogP contribution in [0.5, 0.6) is 0 Å². The third-order valence-corrected chi connectivity index (χ3v) is 7.17. The lowest BCUT2D eigenvalue weighted by molar-refractivity contribution is -0.186. The molecule has 1 aliphatic rings. The van der Waals surface area contributed by atoms with Crippen LogP contribution in [0.3, 0.4) is 0 Å². The fourth-order valence-corrected chi connectivity index (χ4v) is 4.57. The summed E-state index contributed by atoms with van der Waals surface area (Å²) in [5.41, 5.74) is 2.65. The summed E-state index contributed by atoms with van der Waals surface area (Å²) in [5, 5.41) is 16.8. The largest absolute Gasteiger partial charge is 0.379 e. The Kier molecular flexibility index (Phi) is 7.00. The van der Waals surface area contributed by atoms with Crippen LogP contribution in [-0.4, -0.2) is 57.8 Å². The van der Waals surface area contributed by atoms with E-state index in [0.717, 1.165) is 17.3 Å². The van der Waals surface area contributed by atoms with Crippen LogP contribution in [0, 0.1) is 11.7 Å². The fraction of sp³-hybridized carbons (Fsp3) is 0.321. The molecule has 1 aliphatic heterocycles. The molecule has 0 saturated carbocycles. The normalized spacial score (nSPS) is 15.9. The molecule has 196 valence electrons. The number of carbonyl (C=O) groups is 1. The van der Waals surface area contributed by atoms with Crippen molar-refractivity contribution < 1.29 is 19.0 Å². The molecule has 10 heteroatoms. The van der Waals surface area contributed by atoms with Gasteiger partial charge in [-0.1, -0.05) is 32.0 Å². The molecule has 1 aromatic carbocycles. The smallest absolute Gasteiger partial charge is 0.254 e. The van der Waals surface area contributed by atoms with Gasteiger partial charge in [-0.15, -0.1) is 0 Å². The zero-order chi connectivity index (χ0) is 26.9. The lowest BCUT2D eigenvalue weighted by Gasteiger charge is -2.35. The van der Waals surface area contributed by atoms with E-state index in [9.17, 15) is 14.3 Å². The average Bonchev–Trinajstić information content (AvgIpc) is 2.93. The van der Waals surface area contributed by atoms with Crippen molar-refractivity contribution in [1.82, 2.24) is 25.3 Å². The van der Waals surface area contributed by atoms with Gasteiger partial charge in [-0.3, -0.25) is 14.8 Å². The first-order valence-electron chi connectivity index (χ1n) is 12.4. The topological polar surface area (TPSA) is 122 Å². The Morgan fingerprint density at radius 2 is 1.95 bits per heavy atom. The molecule has 1 fully saturated rings. The maximum Gasteiger partial charge on any atom is 0.254 e. The lowest BCUT2D eigenvalue weighted by Crippen LogP contribution is -2.47. The van der Waals surface area contributed by atoms with Crippen LogP contribution >= 0.6 is 0 Å². The number of benzene rings is 1. The molecule has 0 radical (unpaired) electrons. The Bertz CT molecular complexity index is 1480. The van der Waals surface area contributed by atoms with Gasteiger partial charge in [-0.05, 0) is 29.5 Å². The molecule has 5 rings (SSSR count). The number of halogens is 1. The van der Waals surface area contributed by atoms with E-state index in [4.69, 9.17) is 4.74 Å². The lowest BCUT2D eigenvalue weighted by atomic mass is 9.87. The highest BCUT2D eigenvalue weighted by molar-refractivity contribution is 6.06. The molecule has 3 aromatic heterocycles. The Morgan fingerprint density at radius 1 is 1.13 bits per heavy atom. The molecule has 9 nitrogen and oxygen atoms in total. The number of nitrogens with zero attached hydrogens (tertiary/aromatic N) is 4. The Labute approximate surface area is 219 Å². The molecule has 4 heterocycles. The van der Waals surface area contributed by atoms with Gasteiger partial charge in [0.05, 0.1) is 41.9 Å². The summed E-state index contributed by atoms with van der Waals surface area (Å²) in [6.45, 7) is 5.31. The summed E-state index contributed by atoms with van der Waals surface area (Å²) < 4.78 is 19.5. The van der Waals surface area contributed by atoms with E-state index in [-0.39, 0.29) is 30.6 Å². The number of rotatable bonds is 8. The molecule has 2 atom stereocenters. The number of nitrogens with one attached hydrogen (secondary N) is 2. The Hall–Kier alpha value is -4.02. The highest BCUT2D eigenvalue weighted by Crippen LogP contribution is 2.32. The third-order valence-electron chi connectivity index (χ3n) is 7.17. The molecule has 4 aromatic rings. The van der Waals surface area contributed by atoms with Crippen LogP contribution in [0.1, 0.15) is 41.4 Å². The van der Waals surface area contributed by atoms with Crippen LogP contribution in [-0.2, 0) is 10.3 Å². The number of aromatic nitrogens is 4. The van der Waals surface area contributed by atoms with Gasteiger partial charge in [0.1, 0.15) is 12.1 Å². The van der Waals surface area contributed by atoms with Gasteiger partial charge >= 0.3 is 0 Å². The number of hydrogen-bond acceptors (Lipinski definition) is 8. The van der Waals surface area contributed by atoms with Gasteiger partial charge in [-0.2, -0.15) is 0 Å². The molecule has 3 N–H and O–H groups in total. The van der Waals surface area contributed by atoms with Crippen molar-refractivity contribution in [3.8, 4) is 11.3 Å². The van der Waals surface area contributed by atoms with Crippen molar-refractivity contribution in [3.05, 3.63) is 77.8 Å². The first-order valence-corrected chi connectivity index (χ1v) is 12.4. The molecular formula is C28H29FN6O3. The number of amides is 1. The minimum Gasteiger partial charge on any atom is -0.379 e. The predicted octanol–water partition coefficient (Wildman–Crippen LogP) is 3.66. The monoisotopic (exact) mass is 516 g/mol. The third kappa shape index (κ3) is 4.80. The number of fused-ring (bicyclic) bond motifs is 1. The molecule has 1 unspecified atom stereocenters. The van der Waals surface area contributed by atoms with Gasteiger partial charge in [0, 0.05) is 36.8 Å². The Morgan fingerprint density at radius 3 is 2.63 bits per heavy atom. The van der Waals surface area contributed by atoms with E-state index >= 15 is 0 Å². The molecule has 0 bridgehead atoms. The van der Waals surface area contributed by atoms with E-state index in [1.165, 1.54) is 13.4 Å². The molecule has 0 spiro atoms. The van der Waals surface area contributed by atoms with Crippen molar-refractivity contribution in [2.45, 2.75) is 25.4 Å². The summed E-state index contributed by atoms with van der Waals surface area (Å²) in [4.78, 5) is 29.8. The summed E-state index contributed by atoms with van der Waals surface area (Å²) >= 11 is 0. The summed E-state index contributed by atoms with van der Waals surface area (Å²) in [6, 6.07) is 11.0. The molecule has 0 aliphatic carbocycles. The van der Waals surface area contributed by atoms with Gasteiger partial charge in [0.15, 0.2) is 11.4 Å². The number of aliphatic hydroxyl groups is 1. The minimum absolute atomic E-state index is 0.00328. The van der Waals surface area contributed by atoms with Crippen molar-refractivity contribution in [2.24, 2.45) is 5.92 Å². The first-order chi connectivity index (χ1) is 18.3. The van der Waals surface area contributed by atoms with Gasteiger partial charge in [-0.25, -0.2) is 14.4 Å². The SMILES string of the molecule is CNC(=O)c1c(F)cnc2c(C(C)[C@H](C)CNc3cc(-c4ccc(C5(O)COC5)nc4)ncn3)cccc12. The highest BCUT2D eigenvalue weighted by Gasteiger charge is 2.39. The van der Waals surface area contributed by atoms with Crippen LogP contribution < -0.4 is 10.6 Å². The van der Waals surface area contributed by atoms with E-state index in [0.29, 0.717) is 34.7 Å². The maximum absolute atomic E-state index is 14.4. The zero-order valence-electron chi connectivity index (χ0n) is 21.4. The average molecular weight is 517 g/mol. The Balaban J connectivity index is 1.30. The second-order valence-electron chi connectivity index (χ2n) is 9.70. The second kappa shape index (κ2) is 10.4. The maximum atomic E-state index is 14.4. The summed E-state index contributed by atoms with van der Waals surface area (Å²) in [7, 11) is 1.48. The van der Waals surface area contributed by atoms with Crippen LogP contribution in [0.15, 0.2) is 55.1 Å². The van der Waals surface area contributed by atoms with Crippen molar-refractivity contribution in [1.29, 1.82) is 0 Å². The number of para-hydroxylation sites is 1. The van der Waals surface area contributed by atoms with Crippen molar-refractivity contribution in [2.75, 3.05) is 32.1 Å². The molecule has 38 heavy (non-hydrogen) atoms. The summed E-state index contributed by atoms with van der Waals surface area (Å²) in [6.07, 6.45) is 4.29. The van der Waals surface area contributed by atoms with Crippen LogP contribution in [0.4, 0.5) is 10.2 Å². The zero-order valence-corrected chi connectivity index (χ0v) is 21.4. The molecule has 1 saturated heterocycles. The number of carbonyl (C=O) groups excluding carboxylic acids is 1. The fourth-order valence-electron chi connectivity index (χ4n) is 4.57. The van der Waals surface area contributed by atoms with E-state index in [1.54, 1.807) is 18.3 Å². The highest BCUT2D eigenvalue weighted by atomic mass is 19.1. The van der Waals surface area contributed by atoms with E-state index in [2.05, 4.69) is 44.4 Å². The van der Waals surface area contributed by atoms with Gasteiger partial charge < -0.3 is 20.5 Å². The van der Waals surface area contributed by atoms with Crippen molar-refractivity contribution in [3.63, 3.8) is 0 Å². The van der Waals surface area contributed by atoms with Gasteiger partial charge in [0.2, 0.25) is 0 Å². The first kappa shape index (κ1) is 25.6. The molecule has 1 amide bonds.